The van der Waals surface area contributed by atoms with Gasteiger partial charge in [0.2, 0.25) is 0 Å². The number of benzene rings is 1. The quantitative estimate of drug-likeness (QED) is 0.471. The van der Waals surface area contributed by atoms with Crippen LogP contribution in [-0.2, 0) is 0 Å². The van der Waals surface area contributed by atoms with Crippen LogP contribution >= 0.6 is 0 Å². The van der Waals surface area contributed by atoms with Gasteiger partial charge in [0.1, 0.15) is 5.82 Å². The molecule has 0 unspecified atom stereocenters. The lowest BCUT2D eigenvalue weighted by molar-refractivity contribution is 0.0803. The Morgan fingerprint density at radius 1 is 0.833 bits per heavy atom. The molecule has 0 aliphatic heterocycles. The standard InChI is InChI=1S/C28H41FO/c1-2-3-4-20-5-7-23(8-6-20)25-15-18-27(28(29)19-25)24-11-9-21(10-12-24)22-13-16-26(30)17-14-22/h2,15,18-24,26,30H,1,3-14,16-17H2. The van der Waals surface area contributed by atoms with Crippen molar-refractivity contribution in [3.05, 3.63) is 47.8 Å². The summed E-state index contributed by atoms with van der Waals surface area (Å²) in [5.74, 6) is 3.43. The minimum atomic E-state index is -0.0626. The molecule has 0 radical (unpaired) electrons. The molecular formula is C28H41FO. The van der Waals surface area contributed by atoms with E-state index in [0.717, 1.165) is 55.4 Å². The highest BCUT2D eigenvalue weighted by Crippen LogP contribution is 2.44. The average Bonchev–Trinajstić information content (AvgIpc) is 2.79. The fourth-order valence-electron chi connectivity index (χ4n) is 6.74. The van der Waals surface area contributed by atoms with Crippen molar-refractivity contribution in [2.75, 3.05) is 0 Å². The molecule has 0 heterocycles. The molecule has 3 aliphatic rings. The van der Waals surface area contributed by atoms with Crippen molar-refractivity contribution in [1.82, 2.24) is 0 Å². The fraction of sp³-hybridized carbons (Fsp3) is 0.714. The van der Waals surface area contributed by atoms with Crippen LogP contribution in [0.3, 0.4) is 0 Å². The number of rotatable bonds is 6. The molecule has 30 heavy (non-hydrogen) atoms. The molecule has 0 amide bonds. The second-order valence-electron chi connectivity index (χ2n) is 10.5. The first-order chi connectivity index (χ1) is 14.6. The van der Waals surface area contributed by atoms with Gasteiger partial charge in [0, 0.05) is 0 Å². The van der Waals surface area contributed by atoms with Crippen LogP contribution in [-0.4, -0.2) is 11.2 Å². The molecule has 2 heteroatoms. The maximum absolute atomic E-state index is 15.1. The molecule has 166 valence electrons. The highest BCUT2D eigenvalue weighted by atomic mass is 19.1. The molecule has 0 saturated heterocycles. The Kier molecular flexibility index (Phi) is 7.68. The number of halogens is 1. The van der Waals surface area contributed by atoms with Crippen LogP contribution < -0.4 is 0 Å². The Hall–Kier alpha value is -1.15. The molecule has 0 atom stereocenters. The zero-order valence-electron chi connectivity index (χ0n) is 18.7. The number of hydrogen-bond acceptors (Lipinski definition) is 1. The maximum atomic E-state index is 15.1. The molecule has 1 aromatic carbocycles. The monoisotopic (exact) mass is 412 g/mol. The van der Waals surface area contributed by atoms with E-state index in [-0.39, 0.29) is 11.9 Å². The second-order valence-corrected chi connectivity index (χ2v) is 10.5. The van der Waals surface area contributed by atoms with E-state index in [0.29, 0.717) is 11.8 Å². The minimum Gasteiger partial charge on any atom is -0.393 e. The molecule has 3 saturated carbocycles. The first kappa shape index (κ1) is 22.1. The van der Waals surface area contributed by atoms with Gasteiger partial charge in [0.05, 0.1) is 6.10 Å². The number of hydrogen-bond donors (Lipinski definition) is 1. The molecule has 1 N–H and O–H groups in total. The molecular weight excluding hydrogens is 371 g/mol. The Balaban J connectivity index is 1.29. The van der Waals surface area contributed by atoms with Gasteiger partial charge in [-0.3, -0.25) is 0 Å². The number of allylic oxidation sites excluding steroid dienone is 1. The summed E-state index contributed by atoms with van der Waals surface area (Å²) in [6.07, 6.45) is 18.4. The van der Waals surface area contributed by atoms with Crippen LogP contribution in [0.25, 0.3) is 0 Å². The predicted molar refractivity (Wildman–Crippen MR) is 123 cm³/mol. The van der Waals surface area contributed by atoms with E-state index in [9.17, 15) is 5.11 Å². The third kappa shape index (κ3) is 5.36. The van der Waals surface area contributed by atoms with Crippen molar-refractivity contribution in [2.45, 2.75) is 108 Å². The molecule has 0 aromatic heterocycles. The Morgan fingerprint density at radius 2 is 1.43 bits per heavy atom. The topological polar surface area (TPSA) is 20.2 Å². The summed E-state index contributed by atoms with van der Waals surface area (Å²) >= 11 is 0. The summed E-state index contributed by atoms with van der Waals surface area (Å²) in [4.78, 5) is 0. The smallest absolute Gasteiger partial charge is 0.126 e. The normalized spacial score (nSPS) is 35.1. The Bertz CT molecular complexity index is 674. The van der Waals surface area contributed by atoms with E-state index in [4.69, 9.17) is 0 Å². The van der Waals surface area contributed by atoms with Crippen LogP contribution in [0.15, 0.2) is 30.9 Å². The van der Waals surface area contributed by atoms with Crippen LogP contribution in [0.4, 0.5) is 4.39 Å². The molecule has 4 rings (SSSR count). The first-order valence-corrected chi connectivity index (χ1v) is 12.7. The van der Waals surface area contributed by atoms with E-state index in [1.807, 2.05) is 12.1 Å². The summed E-state index contributed by atoms with van der Waals surface area (Å²) in [6.45, 7) is 3.84. The van der Waals surface area contributed by atoms with Gasteiger partial charge in [-0.25, -0.2) is 4.39 Å². The molecule has 0 bridgehead atoms. The third-order valence-electron chi connectivity index (χ3n) is 8.74. The lowest BCUT2D eigenvalue weighted by Gasteiger charge is -2.37. The summed E-state index contributed by atoms with van der Waals surface area (Å²) in [5, 5.41) is 9.77. The Labute approximate surface area is 183 Å². The van der Waals surface area contributed by atoms with Gasteiger partial charge in [-0.2, -0.15) is 0 Å². The predicted octanol–water partition coefficient (Wildman–Crippen LogP) is 7.89. The lowest BCUT2D eigenvalue weighted by atomic mass is 9.69. The molecule has 3 fully saturated rings. The van der Waals surface area contributed by atoms with Gasteiger partial charge in [0.15, 0.2) is 0 Å². The molecule has 1 nitrogen and oxygen atoms in total. The van der Waals surface area contributed by atoms with Gasteiger partial charge in [-0.05, 0) is 137 Å². The molecule has 0 spiro atoms. The largest absolute Gasteiger partial charge is 0.393 e. The van der Waals surface area contributed by atoms with Crippen molar-refractivity contribution < 1.29 is 9.50 Å². The number of aliphatic hydroxyl groups excluding tert-OH is 1. The van der Waals surface area contributed by atoms with Gasteiger partial charge >= 0.3 is 0 Å². The zero-order chi connectivity index (χ0) is 20.9. The van der Waals surface area contributed by atoms with Crippen molar-refractivity contribution in [3.63, 3.8) is 0 Å². The second kappa shape index (κ2) is 10.4. The van der Waals surface area contributed by atoms with E-state index >= 15 is 4.39 Å². The molecule has 3 aliphatic carbocycles. The fourth-order valence-corrected chi connectivity index (χ4v) is 6.74. The van der Waals surface area contributed by atoms with Gasteiger partial charge < -0.3 is 5.11 Å². The van der Waals surface area contributed by atoms with Gasteiger partial charge in [-0.1, -0.05) is 18.2 Å². The van der Waals surface area contributed by atoms with Gasteiger partial charge in [-0.15, -0.1) is 6.58 Å². The first-order valence-electron chi connectivity index (χ1n) is 12.7. The van der Waals surface area contributed by atoms with Crippen LogP contribution in [0.5, 0.6) is 0 Å². The summed E-state index contributed by atoms with van der Waals surface area (Å²) < 4.78 is 15.1. The zero-order valence-corrected chi connectivity index (χ0v) is 18.7. The SMILES string of the molecule is C=CCCC1CCC(c2ccc(C3CCC(C4CCC(O)CC4)CC3)c(F)c2)CC1. The average molecular weight is 413 g/mol. The van der Waals surface area contributed by atoms with Gasteiger partial charge in [0.25, 0.3) is 0 Å². The van der Waals surface area contributed by atoms with Crippen molar-refractivity contribution >= 4 is 0 Å². The third-order valence-corrected chi connectivity index (χ3v) is 8.74. The summed E-state index contributed by atoms with van der Waals surface area (Å²) in [7, 11) is 0. The van der Waals surface area contributed by atoms with Crippen LogP contribution in [0.2, 0.25) is 0 Å². The minimum absolute atomic E-state index is 0.0468. The number of aliphatic hydroxyl groups is 1. The van der Waals surface area contributed by atoms with Crippen molar-refractivity contribution in [2.24, 2.45) is 17.8 Å². The van der Waals surface area contributed by atoms with Crippen LogP contribution in [0.1, 0.15) is 113 Å². The van der Waals surface area contributed by atoms with E-state index in [1.165, 1.54) is 63.4 Å². The molecule has 1 aromatic rings. The summed E-state index contributed by atoms with van der Waals surface area (Å²) in [5.41, 5.74) is 2.20. The van der Waals surface area contributed by atoms with Crippen molar-refractivity contribution in [3.8, 4) is 0 Å². The van der Waals surface area contributed by atoms with Crippen molar-refractivity contribution in [1.29, 1.82) is 0 Å². The van der Waals surface area contributed by atoms with Crippen LogP contribution in [0, 0.1) is 23.6 Å². The highest BCUT2D eigenvalue weighted by molar-refractivity contribution is 5.30. The maximum Gasteiger partial charge on any atom is 0.126 e. The van der Waals surface area contributed by atoms with E-state index < -0.39 is 0 Å². The highest BCUT2D eigenvalue weighted by Gasteiger charge is 2.32. The lowest BCUT2D eigenvalue weighted by Crippen LogP contribution is -2.27. The van der Waals surface area contributed by atoms with E-state index in [1.54, 1.807) is 0 Å². The Morgan fingerprint density at radius 3 is 2.03 bits per heavy atom. The van der Waals surface area contributed by atoms with E-state index in [2.05, 4.69) is 18.7 Å². The summed E-state index contributed by atoms with van der Waals surface area (Å²) in [6, 6.07) is 6.23.